The van der Waals surface area contributed by atoms with Gasteiger partial charge in [0, 0.05) is 25.7 Å². The van der Waals surface area contributed by atoms with Gasteiger partial charge in [-0.1, -0.05) is 78.9 Å². The van der Waals surface area contributed by atoms with Crippen molar-refractivity contribution in [3.8, 4) is 16.9 Å². The van der Waals surface area contributed by atoms with E-state index in [1.54, 1.807) is 18.3 Å². The molecule has 4 aromatic rings. The summed E-state index contributed by atoms with van der Waals surface area (Å²) in [6.45, 7) is 0.570. The minimum Gasteiger partial charge on any atom is -0.506 e. The van der Waals surface area contributed by atoms with Crippen LogP contribution in [0.3, 0.4) is 0 Å². The second-order valence-corrected chi connectivity index (χ2v) is 8.10. The van der Waals surface area contributed by atoms with Gasteiger partial charge in [-0.3, -0.25) is 9.78 Å². The van der Waals surface area contributed by atoms with Crippen molar-refractivity contribution in [2.45, 2.75) is 19.6 Å². The quantitative estimate of drug-likeness (QED) is 0.317. The molecule has 0 unspecified atom stereocenters. The van der Waals surface area contributed by atoms with Crippen LogP contribution in [-0.4, -0.2) is 28.6 Å². The van der Waals surface area contributed by atoms with Crippen LogP contribution in [0.25, 0.3) is 11.1 Å². The average molecular weight is 482 g/mol. The Balaban J connectivity index is 1.48. The van der Waals surface area contributed by atoms with Crippen LogP contribution in [0, 0.1) is 0 Å². The molecule has 3 N–H and O–H groups in total. The summed E-state index contributed by atoms with van der Waals surface area (Å²) in [7, 11) is 0. The zero-order valence-corrected chi connectivity index (χ0v) is 19.7. The molecule has 0 aliphatic carbocycles. The first-order chi connectivity index (χ1) is 17.6. The predicted molar refractivity (Wildman–Crippen MR) is 137 cm³/mol. The van der Waals surface area contributed by atoms with E-state index in [2.05, 4.69) is 15.6 Å². The van der Waals surface area contributed by atoms with Gasteiger partial charge in [0.1, 0.15) is 12.4 Å². The van der Waals surface area contributed by atoms with Crippen molar-refractivity contribution in [1.82, 2.24) is 15.6 Å². The molecule has 7 heteroatoms. The minimum atomic E-state index is -0.569. The van der Waals surface area contributed by atoms with E-state index in [1.165, 1.54) is 0 Å². The van der Waals surface area contributed by atoms with Crippen molar-refractivity contribution in [3.05, 3.63) is 120 Å². The summed E-state index contributed by atoms with van der Waals surface area (Å²) in [5.74, 6) is -0.185. The topological polar surface area (TPSA) is 101 Å². The van der Waals surface area contributed by atoms with E-state index >= 15 is 0 Å². The molecule has 0 bridgehead atoms. The van der Waals surface area contributed by atoms with Gasteiger partial charge >= 0.3 is 6.09 Å². The van der Waals surface area contributed by atoms with E-state index in [1.807, 2.05) is 78.9 Å². The Morgan fingerprint density at radius 2 is 1.58 bits per heavy atom. The van der Waals surface area contributed by atoms with Gasteiger partial charge in [-0.25, -0.2) is 4.79 Å². The number of pyridine rings is 1. The third-order valence-electron chi connectivity index (χ3n) is 5.61. The summed E-state index contributed by atoms with van der Waals surface area (Å²) in [4.78, 5) is 29.8. The van der Waals surface area contributed by atoms with Crippen molar-refractivity contribution in [2.24, 2.45) is 0 Å². The second-order valence-electron chi connectivity index (χ2n) is 8.10. The van der Waals surface area contributed by atoms with Crippen LogP contribution in [0.1, 0.15) is 27.2 Å². The Morgan fingerprint density at radius 3 is 2.33 bits per heavy atom. The van der Waals surface area contributed by atoms with Crippen LogP contribution in [0.4, 0.5) is 4.79 Å². The van der Waals surface area contributed by atoms with Crippen LogP contribution >= 0.6 is 0 Å². The van der Waals surface area contributed by atoms with Gasteiger partial charge in [0.15, 0.2) is 0 Å². The number of carbonyl (C=O) groups excluding carboxylic acids is 2. The van der Waals surface area contributed by atoms with Gasteiger partial charge in [0.2, 0.25) is 0 Å². The van der Waals surface area contributed by atoms with Crippen molar-refractivity contribution in [3.63, 3.8) is 0 Å². The number of alkyl carbamates (subject to hydrolysis) is 1. The Kier molecular flexibility index (Phi) is 8.27. The van der Waals surface area contributed by atoms with Crippen molar-refractivity contribution in [1.29, 1.82) is 0 Å². The van der Waals surface area contributed by atoms with Crippen LogP contribution in [0.5, 0.6) is 5.75 Å². The van der Waals surface area contributed by atoms with Gasteiger partial charge < -0.3 is 20.5 Å². The first kappa shape index (κ1) is 24.5. The molecule has 0 aliphatic heterocycles. The minimum absolute atomic E-state index is 0.0929. The Bertz CT molecular complexity index is 1310. The molecule has 4 rings (SSSR count). The molecule has 3 aromatic carbocycles. The van der Waals surface area contributed by atoms with Crippen LogP contribution in [0.15, 0.2) is 97.2 Å². The van der Waals surface area contributed by atoms with Crippen molar-refractivity contribution >= 4 is 12.0 Å². The third kappa shape index (κ3) is 6.48. The fraction of sp³-hybridized carbons (Fsp3) is 0.138. The van der Waals surface area contributed by atoms with E-state index in [0.717, 1.165) is 16.7 Å². The third-order valence-corrected chi connectivity index (χ3v) is 5.61. The molecule has 182 valence electrons. The molecule has 7 nitrogen and oxygen atoms in total. The van der Waals surface area contributed by atoms with Crippen LogP contribution < -0.4 is 10.6 Å². The summed E-state index contributed by atoms with van der Waals surface area (Å²) in [6, 6.07) is 27.8. The SMILES string of the molecule is O=C(NCc1cccc(-c2ccccc2)c1C(=O)NCCc1ncccc1O)OCc1ccccc1. The zero-order valence-electron chi connectivity index (χ0n) is 19.7. The largest absolute Gasteiger partial charge is 0.506 e. The van der Waals surface area contributed by atoms with Crippen molar-refractivity contribution < 1.29 is 19.4 Å². The lowest BCUT2D eigenvalue weighted by atomic mass is 9.94. The molecule has 1 aromatic heterocycles. The highest BCUT2D eigenvalue weighted by Crippen LogP contribution is 2.26. The van der Waals surface area contributed by atoms with E-state index in [4.69, 9.17) is 4.74 Å². The van der Waals surface area contributed by atoms with E-state index < -0.39 is 6.09 Å². The fourth-order valence-corrected chi connectivity index (χ4v) is 3.82. The maximum Gasteiger partial charge on any atom is 0.407 e. The number of nitrogens with one attached hydrogen (secondary N) is 2. The standard InChI is InChI=1S/C29H27N3O4/c33-26-15-8-17-30-25(26)16-18-31-28(34)27-23(13-7-14-24(27)22-11-5-2-6-12-22)19-32-29(35)36-20-21-9-3-1-4-10-21/h1-15,17,33H,16,18-20H2,(H,31,34)(H,32,35). The van der Waals surface area contributed by atoms with E-state index in [9.17, 15) is 14.7 Å². The van der Waals surface area contributed by atoms with Gasteiger partial charge in [-0.15, -0.1) is 0 Å². The normalized spacial score (nSPS) is 10.4. The number of aromatic hydroxyl groups is 1. The number of aromatic nitrogens is 1. The summed E-state index contributed by atoms with van der Waals surface area (Å²) in [5, 5.41) is 15.6. The summed E-state index contributed by atoms with van der Waals surface area (Å²) in [6.07, 6.45) is 1.41. The predicted octanol–water partition coefficient (Wildman–Crippen LogP) is 4.85. The summed E-state index contributed by atoms with van der Waals surface area (Å²) >= 11 is 0. The van der Waals surface area contributed by atoms with Crippen molar-refractivity contribution in [2.75, 3.05) is 6.54 Å². The highest BCUT2D eigenvalue weighted by atomic mass is 16.5. The highest BCUT2D eigenvalue weighted by molar-refractivity contribution is 6.02. The van der Waals surface area contributed by atoms with Gasteiger partial charge in [-0.05, 0) is 34.4 Å². The molecular formula is C29H27N3O4. The number of hydrogen-bond acceptors (Lipinski definition) is 5. The number of hydrogen-bond donors (Lipinski definition) is 3. The number of ether oxygens (including phenoxy) is 1. The zero-order chi connectivity index (χ0) is 25.2. The van der Waals surface area contributed by atoms with Gasteiger partial charge in [-0.2, -0.15) is 0 Å². The fourth-order valence-electron chi connectivity index (χ4n) is 3.82. The van der Waals surface area contributed by atoms with E-state index in [0.29, 0.717) is 29.8 Å². The maximum absolute atomic E-state index is 13.4. The first-order valence-electron chi connectivity index (χ1n) is 11.6. The van der Waals surface area contributed by atoms with Crippen LogP contribution in [0.2, 0.25) is 0 Å². The lowest BCUT2D eigenvalue weighted by Crippen LogP contribution is -2.30. The average Bonchev–Trinajstić information content (AvgIpc) is 2.92. The molecule has 0 aliphatic rings. The molecule has 2 amide bonds. The van der Waals surface area contributed by atoms with Gasteiger partial charge in [0.25, 0.3) is 5.91 Å². The molecule has 0 saturated heterocycles. The molecule has 0 atom stereocenters. The molecule has 1 heterocycles. The summed E-state index contributed by atoms with van der Waals surface area (Å²) in [5.41, 5.74) is 4.17. The molecule has 0 saturated carbocycles. The molecule has 0 spiro atoms. The molecule has 0 radical (unpaired) electrons. The number of benzene rings is 3. The van der Waals surface area contributed by atoms with E-state index in [-0.39, 0.29) is 24.8 Å². The van der Waals surface area contributed by atoms with Crippen LogP contribution in [-0.2, 0) is 24.3 Å². The first-order valence-corrected chi connectivity index (χ1v) is 11.6. The Morgan fingerprint density at radius 1 is 0.833 bits per heavy atom. The van der Waals surface area contributed by atoms with Gasteiger partial charge in [0.05, 0.1) is 11.3 Å². The lowest BCUT2D eigenvalue weighted by molar-refractivity contribution is 0.0952. The Labute approximate surface area is 209 Å². The smallest absolute Gasteiger partial charge is 0.407 e. The molecule has 0 fully saturated rings. The molecular weight excluding hydrogens is 454 g/mol. The number of amides is 2. The highest BCUT2D eigenvalue weighted by Gasteiger charge is 2.18. The number of nitrogens with zero attached hydrogens (tertiary/aromatic N) is 1. The number of carbonyl (C=O) groups is 2. The summed E-state index contributed by atoms with van der Waals surface area (Å²) < 4.78 is 5.31. The number of rotatable bonds is 9. The molecule has 36 heavy (non-hydrogen) atoms. The maximum atomic E-state index is 13.4. The lowest BCUT2D eigenvalue weighted by Gasteiger charge is -2.16. The Hall–Kier alpha value is -4.65. The monoisotopic (exact) mass is 481 g/mol. The second kappa shape index (κ2) is 12.2.